The van der Waals surface area contributed by atoms with Crippen molar-refractivity contribution in [1.82, 2.24) is 5.43 Å². The van der Waals surface area contributed by atoms with E-state index in [9.17, 15) is 9.90 Å². The zero-order valence-electron chi connectivity index (χ0n) is 9.19. The van der Waals surface area contributed by atoms with E-state index < -0.39 is 15.6 Å². The molecule has 2 unspecified atom stereocenters. The Morgan fingerprint density at radius 2 is 2.00 bits per heavy atom. The van der Waals surface area contributed by atoms with Gasteiger partial charge in [-0.1, -0.05) is 53.0 Å². The first-order valence-electron chi connectivity index (χ1n) is 5.24. The summed E-state index contributed by atoms with van der Waals surface area (Å²) in [5.41, 5.74) is 1.64. The SMILES string of the molecule is O=CC1CC(O)(C(Cl)(Cl)Cl)N(c2ccccc2)N1. The smallest absolute Gasteiger partial charge is 0.238 e. The van der Waals surface area contributed by atoms with E-state index in [1.165, 1.54) is 5.01 Å². The monoisotopic (exact) mass is 308 g/mol. The normalized spacial score (nSPS) is 28.4. The quantitative estimate of drug-likeness (QED) is 0.648. The highest BCUT2D eigenvalue weighted by Gasteiger charge is 2.57. The lowest BCUT2D eigenvalue weighted by atomic mass is 10.1. The minimum Gasteiger partial charge on any atom is -0.366 e. The van der Waals surface area contributed by atoms with Crippen molar-refractivity contribution in [2.45, 2.75) is 22.0 Å². The van der Waals surface area contributed by atoms with Crippen molar-refractivity contribution in [2.24, 2.45) is 0 Å². The van der Waals surface area contributed by atoms with E-state index in [4.69, 9.17) is 34.8 Å². The predicted molar refractivity (Wildman–Crippen MR) is 71.8 cm³/mol. The van der Waals surface area contributed by atoms with Crippen molar-refractivity contribution in [2.75, 3.05) is 5.01 Å². The number of para-hydroxylation sites is 1. The van der Waals surface area contributed by atoms with Crippen molar-refractivity contribution in [3.05, 3.63) is 30.3 Å². The van der Waals surface area contributed by atoms with Crippen molar-refractivity contribution < 1.29 is 9.90 Å². The van der Waals surface area contributed by atoms with Crippen LogP contribution in [0.25, 0.3) is 0 Å². The van der Waals surface area contributed by atoms with Crippen LogP contribution in [-0.2, 0) is 4.79 Å². The highest BCUT2D eigenvalue weighted by molar-refractivity contribution is 6.68. The highest BCUT2D eigenvalue weighted by Crippen LogP contribution is 2.46. The molecule has 1 fully saturated rings. The number of hydrogen-bond acceptors (Lipinski definition) is 4. The van der Waals surface area contributed by atoms with Gasteiger partial charge in [-0.2, -0.15) is 0 Å². The molecule has 18 heavy (non-hydrogen) atoms. The van der Waals surface area contributed by atoms with E-state index in [1.54, 1.807) is 24.3 Å². The number of halogens is 3. The molecule has 0 aromatic heterocycles. The van der Waals surface area contributed by atoms with Crippen LogP contribution in [0.15, 0.2) is 30.3 Å². The molecule has 0 saturated carbocycles. The average Bonchev–Trinajstić information content (AvgIpc) is 2.68. The van der Waals surface area contributed by atoms with Crippen LogP contribution in [0.5, 0.6) is 0 Å². The number of carbonyl (C=O) groups is 1. The van der Waals surface area contributed by atoms with Crippen LogP contribution >= 0.6 is 34.8 Å². The molecule has 0 bridgehead atoms. The molecule has 1 aliphatic rings. The molecular weight excluding hydrogens is 298 g/mol. The van der Waals surface area contributed by atoms with E-state index in [0.717, 1.165) is 0 Å². The van der Waals surface area contributed by atoms with Crippen LogP contribution in [0.3, 0.4) is 0 Å². The number of hydrazine groups is 1. The molecule has 0 aliphatic carbocycles. The minimum absolute atomic E-state index is 0.0120. The number of nitrogens with zero attached hydrogens (tertiary/aromatic N) is 1. The molecule has 2 rings (SSSR count). The molecule has 7 heteroatoms. The average molecular weight is 310 g/mol. The van der Waals surface area contributed by atoms with Crippen LogP contribution in [0, 0.1) is 0 Å². The fraction of sp³-hybridized carbons (Fsp3) is 0.364. The Hall–Kier alpha value is -0.520. The fourth-order valence-corrected chi connectivity index (χ4v) is 2.39. The van der Waals surface area contributed by atoms with Crippen LogP contribution in [0.1, 0.15) is 6.42 Å². The third kappa shape index (κ3) is 2.31. The summed E-state index contributed by atoms with van der Waals surface area (Å²) in [7, 11) is 0. The number of alkyl halides is 3. The van der Waals surface area contributed by atoms with Gasteiger partial charge in [0.1, 0.15) is 6.29 Å². The van der Waals surface area contributed by atoms with Gasteiger partial charge < -0.3 is 9.90 Å². The first-order valence-corrected chi connectivity index (χ1v) is 6.38. The summed E-state index contributed by atoms with van der Waals surface area (Å²) < 4.78 is -1.95. The summed E-state index contributed by atoms with van der Waals surface area (Å²) in [5.74, 6) is 0. The molecule has 0 amide bonds. The minimum atomic E-state index is -1.95. The van der Waals surface area contributed by atoms with E-state index >= 15 is 0 Å². The number of aldehydes is 1. The Morgan fingerprint density at radius 3 is 2.50 bits per heavy atom. The number of nitrogens with one attached hydrogen (secondary N) is 1. The number of aliphatic hydroxyl groups is 1. The number of hydrogen-bond donors (Lipinski definition) is 2. The standard InChI is InChI=1S/C11H11Cl3N2O2/c12-11(13,14)10(18)6-8(7-17)15-16(10)9-4-2-1-3-5-9/h1-5,7-8,15,18H,6H2. The van der Waals surface area contributed by atoms with Gasteiger partial charge in [-0.05, 0) is 12.1 Å². The molecule has 98 valence electrons. The molecule has 1 aromatic rings. The van der Waals surface area contributed by atoms with Gasteiger partial charge in [0.05, 0.1) is 11.7 Å². The van der Waals surface area contributed by atoms with Gasteiger partial charge in [-0.15, -0.1) is 0 Å². The molecule has 4 nitrogen and oxygen atoms in total. The molecular formula is C11H11Cl3N2O2. The molecule has 1 heterocycles. The topological polar surface area (TPSA) is 52.6 Å². The van der Waals surface area contributed by atoms with E-state index in [-0.39, 0.29) is 6.42 Å². The maximum atomic E-state index is 10.9. The van der Waals surface area contributed by atoms with Crippen LogP contribution in [-0.4, -0.2) is 27.0 Å². The van der Waals surface area contributed by atoms with Crippen molar-refractivity contribution >= 4 is 46.8 Å². The van der Waals surface area contributed by atoms with Gasteiger partial charge in [0.15, 0.2) is 0 Å². The second-order valence-corrected chi connectivity index (χ2v) is 6.34. The maximum absolute atomic E-state index is 10.9. The number of benzene rings is 1. The number of anilines is 1. The Balaban J connectivity index is 2.41. The zero-order chi connectivity index (χ0) is 13.4. The Morgan fingerprint density at radius 1 is 1.39 bits per heavy atom. The Labute approximate surface area is 119 Å². The number of rotatable bonds is 2. The first kappa shape index (κ1) is 13.9. The van der Waals surface area contributed by atoms with E-state index in [0.29, 0.717) is 12.0 Å². The second-order valence-electron chi connectivity index (χ2n) is 4.06. The van der Waals surface area contributed by atoms with Crippen molar-refractivity contribution in [3.8, 4) is 0 Å². The molecule has 2 atom stereocenters. The summed E-state index contributed by atoms with van der Waals surface area (Å²) in [6, 6.07) is 8.26. The zero-order valence-corrected chi connectivity index (χ0v) is 11.5. The summed E-state index contributed by atoms with van der Waals surface area (Å²) in [4.78, 5) is 10.9. The van der Waals surface area contributed by atoms with Gasteiger partial charge in [-0.25, -0.2) is 5.43 Å². The lowest BCUT2D eigenvalue weighted by Gasteiger charge is -2.38. The molecule has 1 aromatic carbocycles. The maximum Gasteiger partial charge on any atom is 0.238 e. The summed E-state index contributed by atoms with van der Waals surface area (Å²) in [5, 5.41) is 11.9. The third-order valence-electron chi connectivity index (χ3n) is 2.80. The Bertz CT molecular complexity index is 438. The van der Waals surface area contributed by atoms with Gasteiger partial charge in [0.25, 0.3) is 0 Å². The van der Waals surface area contributed by atoms with Crippen LogP contribution in [0.4, 0.5) is 5.69 Å². The highest BCUT2D eigenvalue weighted by atomic mass is 35.6. The molecule has 1 aliphatic heterocycles. The van der Waals surface area contributed by atoms with Crippen molar-refractivity contribution in [1.29, 1.82) is 0 Å². The first-order chi connectivity index (χ1) is 8.38. The second kappa shape index (κ2) is 4.87. The van der Waals surface area contributed by atoms with Gasteiger partial charge >= 0.3 is 0 Å². The fourth-order valence-electron chi connectivity index (χ4n) is 1.90. The van der Waals surface area contributed by atoms with E-state index in [2.05, 4.69) is 5.43 Å². The van der Waals surface area contributed by atoms with Crippen LogP contribution in [0.2, 0.25) is 0 Å². The summed E-state index contributed by atoms with van der Waals surface area (Å²) in [6.45, 7) is 0. The summed E-state index contributed by atoms with van der Waals surface area (Å²) >= 11 is 17.5. The summed E-state index contributed by atoms with van der Waals surface area (Å²) in [6.07, 6.45) is 0.659. The molecule has 0 radical (unpaired) electrons. The molecule has 0 spiro atoms. The van der Waals surface area contributed by atoms with Crippen molar-refractivity contribution in [3.63, 3.8) is 0 Å². The lowest BCUT2D eigenvalue weighted by Crippen LogP contribution is -2.57. The van der Waals surface area contributed by atoms with E-state index in [1.807, 2.05) is 6.07 Å². The third-order valence-corrected chi connectivity index (χ3v) is 3.71. The molecule has 1 saturated heterocycles. The van der Waals surface area contributed by atoms with Gasteiger partial charge in [0, 0.05) is 6.42 Å². The molecule has 2 N–H and O–H groups in total. The largest absolute Gasteiger partial charge is 0.366 e. The lowest BCUT2D eigenvalue weighted by molar-refractivity contribution is -0.109. The van der Waals surface area contributed by atoms with Crippen LogP contribution < -0.4 is 10.4 Å². The van der Waals surface area contributed by atoms with Gasteiger partial charge in [-0.3, -0.25) is 5.01 Å². The van der Waals surface area contributed by atoms with Gasteiger partial charge in [0.2, 0.25) is 9.52 Å². The predicted octanol–water partition coefficient (Wildman–Crippen LogP) is 2.03. The number of carbonyl (C=O) groups excluding carboxylic acids is 1. The Kier molecular flexibility index (Phi) is 3.76.